The number of hydrogen-bond donors (Lipinski definition) is 2. The second-order valence-electron chi connectivity index (χ2n) is 3.77. The van der Waals surface area contributed by atoms with Gasteiger partial charge in [0.15, 0.2) is 12.1 Å². The Labute approximate surface area is 109 Å². The van der Waals surface area contributed by atoms with Gasteiger partial charge in [0.05, 0.1) is 6.61 Å². The maximum atomic E-state index is 11.3. The Bertz CT molecular complexity index is 347. The van der Waals surface area contributed by atoms with E-state index in [-0.39, 0.29) is 18.2 Å². The van der Waals surface area contributed by atoms with Crippen molar-refractivity contribution >= 4 is 28.8 Å². The number of carbonyl (C=O) groups is 2. The molecule has 2 N–H and O–H groups in total. The molecule has 1 aliphatic rings. The van der Waals surface area contributed by atoms with Gasteiger partial charge in [0.25, 0.3) is 0 Å². The van der Waals surface area contributed by atoms with Gasteiger partial charge in [0.2, 0.25) is 0 Å². The topological polar surface area (TPSA) is 97.2 Å². The number of carboxylic acid groups (broad SMARTS) is 1. The number of nitrogens with zero attached hydrogens (tertiary/aromatic N) is 1. The number of amides is 1. The van der Waals surface area contributed by atoms with Crippen molar-refractivity contribution in [2.24, 2.45) is 5.16 Å². The van der Waals surface area contributed by atoms with Crippen LogP contribution < -0.4 is 5.32 Å². The van der Waals surface area contributed by atoms with Crippen molar-refractivity contribution in [3.8, 4) is 0 Å². The first-order valence-corrected chi connectivity index (χ1v) is 5.96. The van der Waals surface area contributed by atoms with Crippen molar-refractivity contribution in [1.29, 1.82) is 0 Å². The SMILES string of the molecule is CCCCOC(=O)NC(C(=O)O)C1CC(Cl)=NO1. The first kappa shape index (κ1) is 14.6. The quantitative estimate of drug-likeness (QED) is 0.714. The van der Waals surface area contributed by atoms with E-state index >= 15 is 0 Å². The number of rotatable bonds is 6. The van der Waals surface area contributed by atoms with E-state index in [1.165, 1.54) is 0 Å². The first-order chi connectivity index (χ1) is 8.54. The van der Waals surface area contributed by atoms with Gasteiger partial charge >= 0.3 is 12.1 Å². The fourth-order valence-corrected chi connectivity index (χ4v) is 1.53. The third kappa shape index (κ3) is 4.40. The third-order valence-corrected chi connectivity index (χ3v) is 2.52. The van der Waals surface area contributed by atoms with Gasteiger partial charge in [-0.3, -0.25) is 0 Å². The van der Waals surface area contributed by atoms with Gasteiger partial charge in [-0.2, -0.15) is 0 Å². The lowest BCUT2D eigenvalue weighted by molar-refractivity contribution is -0.143. The fourth-order valence-electron chi connectivity index (χ4n) is 1.34. The summed E-state index contributed by atoms with van der Waals surface area (Å²) in [6.45, 7) is 2.20. The highest BCUT2D eigenvalue weighted by molar-refractivity contribution is 6.65. The summed E-state index contributed by atoms with van der Waals surface area (Å²) in [5.74, 6) is -1.23. The zero-order chi connectivity index (χ0) is 13.5. The minimum atomic E-state index is -1.24. The lowest BCUT2D eigenvalue weighted by atomic mass is 10.1. The number of ether oxygens (including phenoxy) is 1. The van der Waals surface area contributed by atoms with E-state index in [1.807, 2.05) is 6.92 Å². The molecular weight excluding hydrogens is 264 g/mol. The number of hydrogen-bond acceptors (Lipinski definition) is 5. The molecule has 18 heavy (non-hydrogen) atoms. The highest BCUT2D eigenvalue weighted by Gasteiger charge is 2.36. The minimum Gasteiger partial charge on any atom is -0.480 e. The van der Waals surface area contributed by atoms with E-state index in [9.17, 15) is 9.59 Å². The zero-order valence-corrected chi connectivity index (χ0v) is 10.6. The molecule has 0 spiro atoms. The summed E-state index contributed by atoms with van der Waals surface area (Å²) in [4.78, 5) is 27.2. The molecule has 1 aliphatic heterocycles. The summed E-state index contributed by atoms with van der Waals surface area (Å²) in [6, 6.07) is -1.24. The first-order valence-electron chi connectivity index (χ1n) is 5.59. The number of nitrogens with one attached hydrogen (secondary N) is 1. The molecule has 1 rings (SSSR count). The Kier molecular flexibility index (Phi) is 5.70. The predicted octanol–water partition coefficient (Wildman–Crippen LogP) is 1.31. The molecule has 0 saturated heterocycles. The Balaban J connectivity index is 2.43. The van der Waals surface area contributed by atoms with E-state index in [0.29, 0.717) is 0 Å². The summed E-state index contributed by atoms with van der Waals surface area (Å²) < 4.78 is 4.81. The van der Waals surface area contributed by atoms with Gasteiger partial charge in [0.1, 0.15) is 5.17 Å². The molecule has 1 amide bonds. The second-order valence-corrected chi connectivity index (χ2v) is 4.20. The molecule has 2 atom stereocenters. The van der Waals surface area contributed by atoms with E-state index < -0.39 is 24.2 Å². The highest BCUT2D eigenvalue weighted by atomic mass is 35.5. The lowest BCUT2D eigenvalue weighted by Crippen LogP contribution is -2.49. The third-order valence-electron chi connectivity index (χ3n) is 2.30. The van der Waals surface area contributed by atoms with Crippen molar-refractivity contribution in [2.75, 3.05) is 6.61 Å². The maximum absolute atomic E-state index is 11.3. The molecule has 8 heteroatoms. The van der Waals surface area contributed by atoms with Crippen molar-refractivity contribution in [2.45, 2.75) is 38.3 Å². The number of halogens is 1. The number of alkyl carbamates (subject to hydrolysis) is 1. The van der Waals surface area contributed by atoms with Gasteiger partial charge in [-0.05, 0) is 6.42 Å². The lowest BCUT2D eigenvalue weighted by Gasteiger charge is -2.18. The molecular formula is C10H15ClN2O5. The van der Waals surface area contributed by atoms with Gasteiger partial charge in [0, 0.05) is 6.42 Å². The molecule has 0 aromatic heterocycles. The molecule has 0 aromatic rings. The van der Waals surface area contributed by atoms with Crippen LogP contribution in [0.1, 0.15) is 26.2 Å². The fraction of sp³-hybridized carbons (Fsp3) is 0.700. The number of unbranched alkanes of at least 4 members (excludes halogenated alkanes) is 1. The van der Waals surface area contributed by atoms with Crippen LogP contribution in [-0.4, -0.2) is 41.1 Å². The molecule has 0 bridgehead atoms. The van der Waals surface area contributed by atoms with Crippen molar-refractivity contribution < 1.29 is 24.3 Å². The Morgan fingerprint density at radius 2 is 2.44 bits per heavy atom. The molecule has 0 aliphatic carbocycles. The van der Waals surface area contributed by atoms with Crippen LogP contribution in [0.2, 0.25) is 0 Å². The number of carbonyl (C=O) groups excluding carboxylic acids is 1. The van der Waals surface area contributed by atoms with Crippen LogP contribution in [-0.2, 0) is 14.4 Å². The van der Waals surface area contributed by atoms with Crippen LogP contribution in [0, 0.1) is 0 Å². The summed E-state index contributed by atoms with van der Waals surface area (Å²) >= 11 is 5.58. The van der Waals surface area contributed by atoms with Crippen molar-refractivity contribution in [1.82, 2.24) is 5.32 Å². The standard InChI is InChI=1S/C10H15ClN2O5/c1-2-3-4-17-10(16)12-8(9(14)15)6-5-7(11)13-18-6/h6,8H,2-5H2,1H3,(H,12,16)(H,14,15). The molecule has 7 nitrogen and oxygen atoms in total. The van der Waals surface area contributed by atoms with Crippen LogP contribution >= 0.6 is 11.6 Å². The molecule has 1 heterocycles. The number of aliphatic carboxylic acids is 1. The molecule has 102 valence electrons. The number of carboxylic acids is 1. The normalized spacial score (nSPS) is 19.7. The maximum Gasteiger partial charge on any atom is 0.407 e. The van der Waals surface area contributed by atoms with Crippen LogP contribution in [0.15, 0.2) is 5.16 Å². The molecule has 2 unspecified atom stereocenters. The van der Waals surface area contributed by atoms with E-state index in [1.54, 1.807) is 0 Å². The molecule has 0 aromatic carbocycles. The summed E-state index contributed by atoms with van der Waals surface area (Å²) in [6.07, 6.45) is 0.148. The van der Waals surface area contributed by atoms with E-state index in [0.717, 1.165) is 12.8 Å². The molecule has 0 fully saturated rings. The minimum absolute atomic E-state index is 0.147. The highest BCUT2D eigenvalue weighted by Crippen LogP contribution is 2.16. The van der Waals surface area contributed by atoms with Crippen LogP contribution in [0.4, 0.5) is 4.79 Å². The number of oxime groups is 1. The molecule has 0 radical (unpaired) electrons. The Morgan fingerprint density at radius 1 is 1.72 bits per heavy atom. The van der Waals surface area contributed by atoms with Gasteiger partial charge in [-0.15, -0.1) is 0 Å². The van der Waals surface area contributed by atoms with Crippen LogP contribution in [0.25, 0.3) is 0 Å². The average molecular weight is 279 g/mol. The average Bonchev–Trinajstić information content (AvgIpc) is 2.72. The monoisotopic (exact) mass is 278 g/mol. The van der Waals surface area contributed by atoms with Gasteiger partial charge < -0.3 is 20.0 Å². The molecule has 0 saturated carbocycles. The van der Waals surface area contributed by atoms with Crippen molar-refractivity contribution in [3.05, 3.63) is 0 Å². The van der Waals surface area contributed by atoms with E-state index in [2.05, 4.69) is 10.5 Å². The predicted molar refractivity (Wildman–Crippen MR) is 63.6 cm³/mol. The Morgan fingerprint density at radius 3 is 2.94 bits per heavy atom. The van der Waals surface area contributed by atoms with Crippen LogP contribution in [0.3, 0.4) is 0 Å². The van der Waals surface area contributed by atoms with Gasteiger partial charge in [-0.1, -0.05) is 30.1 Å². The summed E-state index contributed by atoms with van der Waals surface area (Å²) in [7, 11) is 0. The van der Waals surface area contributed by atoms with Gasteiger partial charge in [-0.25, -0.2) is 9.59 Å². The smallest absolute Gasteiger partial charge is 0.407 e. The largest absolute Gasteiger partial charge is 0.480 e. The second kappa shape index (κ2) is 7.05. The van der Waals surface area contributed by atoms with E-state index in [4.69, 9.17) is 26.3 Å². The Hall–Kier alpha value is -1.50. The summed E-state index contributed by atoms with van der Waals surface area (Å²) in [5, 5.41) is 14.8. The van der Waals surface area contributed by atoms with Crippen molar-refractivity contribution in [3.63, 3.8) is 0 Å². The zero-order valence-electron chi connectivity index (χ0n) is 9.89. The summed E-state index contributed by atoms with van der Waals surface area (Å²) in [5.41, 5.74) is 0. The van der Waals surface area contributed by atoms with Crippen LogP contribution in [0.5, 0.6) is 0 Å².